The number of hydrogen-bond donors (Lipinski definition) is 0. The maximum Gasteiger partial charge on any atom is 0.329 e. The van der Waals surface area contributed by atoms with E-state index in [4.69, 9.17) is 0 Å². The van der Waals surface area contributed by atoms with Gasteiger partial charge in [-0.25, -0.2) is 9.69 Å². The van der Waals surface area contributed by atoms with Gasteiger partial charge in [-0.1, -0.05) is 310 Å². The highest BCUT2D eigenvalue weighted by Crippen LogP contribution is 2.19. The van der Waals surface area contributed by atoms with Gasteiger partial charge in [0.1, 0.15) is 6.54 Å². The molecule has 0 spiro atoms. The van der Waals surface area contributed by atoms with Gasteiger partial charge in [0.2, 0.25) is 0 Å². The molecule has 0 aromatic rings. The molecule has 67 heavy (non-hydrogen) atoms. The second-order valence-electron chi connectivity index (χ2n) is 21.9. The highest BCUT2D eigenvalue weighted by molar-refractivity contribution is 6.01. The smallest absolute Gasteiger partial charge is 0.302 e. The number of nitrogens with zero attached hydrogens (tertiary/aromatic N) is 4. The molecule has 6 heteroatoms. The Morgan fingerprint density at radius 1 is 0.284 bits per heavy atom. The van der Waals surface area contributed by atoms with Crippen LogP contribution in [0.1, 0.15) is 336 Å². The molecule has 3 amide bonds. The van der Waals surface area contributed by atoms with E-state index in [0.717, 1.165) is 26.2 Å². The molecule has 0 aliphatic carbocycles. The van der Waals surface area contributed by atoms with Crippen molar-refractivity contribution in [3.63, 3.8) is 0 Å². The summed E-state index contributed by atoms with van der Waals surface area (Å²) in [6.45, 7) is 14.6. The lowest BCUT2D eigenvalue weighted by atomic mass is 10.0. The third kappa shape index (κ3) is 41.2. The third-order valence-corrected chi connectivity index (χ3v) is 15.2. The molecule has 0 radical (unpaired) electrons. The summed E-state index contributed by atoms with van der Waals surface area (Å²) in [7, 11) is 0. The second kappa shape index (κ2) is 51.2. The van der Waals surface area contributed by atoms with Gasteiger partial charge >= 0.3 is 6.03 Å². The summed E-state index contributed by atoms with van der Waals surface area (Å²) in [6.07, 6.45) is 65.1. The average Bonchev–Trinajstić information content (AvgIpc) is 3.59. The monoisotopic (exact) mass is 943 g/mol. The van der Waals surface area contributed by atoms with Gasteiger partial charge in [0, 0.05) is 0 Å². The van der Waals surface area contributed by atoms with Crippen LogP contribution >= 0.6 is 0 Å². The lowest BCUT2D eigenvalue weighted by Gasteiger charge is -2.29. The highest BCUT2D eigenvalue weighted by atomic mass is 16.2. The van der Waals surface area contributed by atoms with E-state index in [0.29, 0.717) is 13.3 Å². The van der Waals surface area contributed by atoms with E-state index in [1.807, 2.05) is 4.90 Å². The van der Waals surface area contributed by atoms with Crippen LogP contribution in [0.3, 0.4) is 0 Å². The summed E-state index contributed by atoms with van der Waals surface area (Å²) in [6, 6.07) is -0.0474. The third-order valence-electron chi connectivity index (χ3n) is 15.2. The number of rotatable bonds is 56. The molecule has 6 nitrogen and oxygen atoms in total. The summed E-state index contributed by atoms with van der Waals surface area (Å²) < 4.78 is 0. The summed E-state index contributed by atoms with van der Waals surface area (Å²) in [4.78, 5) is 36.2. The zero-order valence-electron chi connectivity index (χ0n) is 46.5. The lowest BCUT2D eigenvalue weighted by Crippen LogP contribution is -2.45. The van der Waals surface area contributed by atoms with Gasteiger partial charge in [0.05, 0.1) is 13.3 Å². The first-order chi connectivity index (χ1) is 33.1. The lowest BCUT2D eigenvalue weighted by molar-refractivity contribution is -0.126. The van der Waals surface area contributed by atoms with E-state index in [-0.39, 0.29) is 18.5 Å². The molecular weight excluding hydrogens is 821 g/mol. The van der Waals surface area contributed by atoms with Crippen molar-refractivity contribution in [3.05, 3.63) is 0 Å². The van der Waals surface area contributed by atoms with E-state index in [2.05, 4.69) is 37.5 Å². The van der Waals surface area contributed by atoms with Crippen LogP contribution < -0.4 is 0 Å². The first-order valence-electron chi connectivity index (χ1n) is 31.1. The van der Waals surface area contributed by atoms with Crippen LogP contribution in [0, 0.1) is 0 Å². The Kier molecular flexibility index (Phi) is 48.8. The maximum atomic E-state index is 14.1. The Balaban J connectivity index is 2.66. The summed E-state index contributed by atoms with van der Waals surface area (Å²) in [5.41, 5.74) is 0. The molecule has 0 bridgehead atoms. The molecule has 0 saturated carbocycles. The standard InChI is InChI=1S/C61H122N4O2/c1-5-9-13-17-21-25-29-33-37-41-45-49-53-62(54-50-46-42-38-34-30-26-22-18-14-10-6-2)58-64-57-60(66)65(61(64)67)59-63(55-51-47-43-39-35-31-27-23-19-15-11-7-3)56-52-48-44-40-36-32-28-24-20-16-12-8-4/h5-59H2,1-4H3. The molecule has 0 aromatic heterocycles. The van der Waals surface area contributed by atoms with Crippen LogP contribution in [0.4, 0.5) is 4.79 Å². The van der Waals surface area contributed by atoms with Gasteiger partial charge in [-0.3, -0.25) is 14.6 Å². The molecule has 0 atom stereocenters. The van der Waals surface area contributed by atoms with Crippen molar-refractivity contribution < 1.29 is 9.59 Å². The van der Waals surface area contributed by atoms with Crippen LogP contribution in [-0.2, 0) is 4.79 Å². The average molecular weight is 944 g/mol. The second-order valence-corrected chi connectivity index (χ2v) is 21.9. The van der Waals surface area contributed by atoms with E-state index in [1.165, 1.54) is 308 Å². The molecule has 1 fully saturated rings. The molecule has 0 aromatic carbocycles. The molecule has 1 aliphatic heterocycles. The molecular formula is C61H122N4O2. The molecule has 0 N–H and O–H groups in total. The molecule has 1 aliphatic rings. The van der Waals surface area contributed by atoms with Crippen LogP contribution in [0.25, 0.3) is 0 Å². The fraction of sp³-hybridized carbons (Fsp3) is 0.967. The number of carbonyl (C=O) groups is 2. The van der Waals surface area contributed by atoms with Crippen molar-refractivity contribution in [1.29, 1.82) is 0 Å². The SMILES string of the molecule is CCCCCCCCCCCCCCN(CCCCCCCCCCCCCC)CN1CC(=O)N(CN(CCCCCCCCCCCCCC)CCCCCCCCCCCCCC)C1=O. The quantitative estimate of drug-likeness (QED) is 0.0450. The minimum Gasteiger partial charge on any atom is -0.302 e. The molecule has 1 saturated heterocycles. The van der Waals surface area contributed by atoms with Gasteiger partial charge in [-0.2, -0.15) is 0 Å². The van der Waals surface area contributed by atoms with Crippen LogP contribution in [0.2, 0.25) is 0 Å². The van der Waals surface area contributed by atoms with E-state index in [1.54, 1.807) is 4.90 Å². The molecule has 0 unspecified atom stereocenters. The van der Waals surface area contributed by atoms with E-state index >= 15 is 0 Å². The molecule has 1 rings (SSSR count). The minimum atomic E-state index is -0.0474. The Labute approximate surface area is 421 Å². The predicted molar refractivity (Wildman–Crippen MR) is 296 cm³/mol. The number of hydrogen-bond acceptors (Lipinski definition) is 4. The number of amides is 3. The predicted octanol–water partition coefficient (Wildman–Crippen LogP) is 19.6. The Morgan fingerprint density at radius 3 is 0.701 bits per heavy atom. The van der Waals surface area contributed by atoms with Crippen molar-refractivity contribution >= 4 is 11.9 Å². The van der Waals surface area contributed by atoms with Crippen LogP contribution in [0.5, 0.6) is 0 Å². The van der Waals surface area contributed by atoms with Gasteiger partial charge in [-0.05, 0) is 51.9 Å². The largest absolute Gasteiger partial charge is 0.329 e. The van der Waals surface area contributed by atoms with Gasteiger partial charge < -0.3 is 4.90 Å². The Morgan fingerprint density at radius 2 is 0.478 bits per heavy atom. The first kappa shape index (κ1) is 63.9. The summed E-state index contributed by atoms with van der Waals surface area (Å²) >= 11 is 0. The Bertz CT molecular complexity index is 967. The van der Waals surface area contributed by atoms with Gasteiger partial charge in [0.25, 0.3) is 5.91 Å². The van der Waals surface area contributed by atoms with Crippen molar-refractivity contribution in [2.45, 2.75) is 336 Å². The van der Waals surface area contributed by atoms with Crippen molar-refractivity contribution in [1.82, 2.24) is 19.6 Å². The fourth-order valence-electron chi connectivity index (χ4n) is 10.5. The topological polar surface area (TPSA) is 47.1 Å². The number of imide groups is 1. The summed E-state index contributed by atoms with van der Waals surface area (Å²) in [5, 5.41) is 0. The summed E-state index contributed by atoms with van der Waals surface area (Å²) in [5.74, 6) is 0.00932. The number of carbonyl (C=O) groups excluding carboxylic acids is 2. The first-order valence-corrected chi connectivity index (χ1v) is 31.1. The number of unbranched alkanes of at least 4 members (excludes halogenated alkanes) is 44. The van der Waals surface area contributed by atoms with Crippen molar-refractivity contribution in [2.24, 2.45) is 0 Å². The highest BCUT2D eigenvalue weighted by Gasteiger charge is 2.37. The molecule has 1 heterocycles. The number of urea groups is 1. The zero-order valence-corrected chi connectivity index (χ0v) is 46.5. The zero-order chi connectivity index (χ0) is 48.4. The van der Waals surface area contributed by atoms with Gasteiger partial charge in [-0.15, -0.1) is 0 Å². The van der Waals surface area contributed by atoms with Crippen LogP contribution in [0.15, 0.2) is 0 Å². The normalized spacial score (nSPS) is 13.2. The van der Waals surface area contributed by atoms with Crippen LogP contribution in [-0.4, -0.2) is 77.6 Å². The van der Waals surface area contributed by atoms with Crippen molar-refractivity contribution in [3.8, 4) is 0 Å². The van der Waals surface area contributed by atoms with E-state index in [9.17, 15) is 9.59 Å². The maximum absolute atomic E-state index is 14.1. The van der Waals surface area contributed by atoms with E-state index < -0.39 is 0 Å². The van der Waals surface area contributed by atoms with Crippen molar-refractivity contribution in [2.75, 3.05) is 46.1 Å². The fourth-order valence-corrected chi connectivity index (χ4v) is 10.5. The van der Waals surface area contributed by atoms with Gasteiger partial charge in [0.15, 0.2) is 0 Å². The minimum absolute atomic E-state index is 0.00932. The Hall–Kier alpha value is -1.14. The molecule has 398 valence electrons.